The molecule has 1 aromatic heterocycles. The molecule has 0 saturated carbocycles. The molecule has 1 unspecified atom stereocenters. The molecule has 1 aromatic carbocycles. The molecule has 6 heteroatoms. The fraction of sp³-hybridized carbons (Fsp3) is 0.333. The SMILES string of the molecule is CCCC(N)c1noc(-c2ccc(F)cc2I)n1. The Balaban J connectivity index is 2.29. The van der Waals surface area contributed by atoms with E-state index in [1.165, 1.54) is 12.1 Å². The molecule has 0 aliphatic carbocycles. The average molecular weight is 361 g/mol. The highest BCUT2D eigenvalue weighted by Crippen LogP contribution is 2.25. The fourth-order valence-corrected chi connectivity index (χ4v) is 2.31. The zero-order valence-electron chi connectivity index (χ0n) is 9.86. The van der Waals surface area contributed by atoms with Crippen molar-refractivity contribution in [2.75, 3.05) is 0 Å². The summed E-state index contributed by atoms with van der Waals surface area (Å²) in [5, 5.41) is 3.87. The molecule has 18 heavy (non-hydrogen) atoms. The Bertz CT molecular complexity index is 544. The van der Waals surface area contributed by atoms with Crippen LogP contribution in [0, 0.1) is 9.39 Å². The van der Waals surface area contributed by atoms with Crippen LogP contribution in [-0.2, 0) is 0 Å². The van der Waals surface area contributed by atoms with Crippen molar-refractivity contribution in [3.63, 3.8) is 0 Å². The van der Waals surface area contributed by atoms with Crippen LogP contribution in [0.3, 0.4) is 0 Å². The second-order valence-electron chi connectivity index (χ2n) is 3.98. The van der Waals surface area contributed by atoms with Crippen LogP contribution < -0.4 is 5.73 Å². The monoisotopic (exact) mass is 361 g/mol. The van der Waals surface area contributed by atoms with Gasteiger partial charge in [-0.2, -0.15) is 4.98 Å². The molecule has 2 aromatic rings. The summed E-state index contributed by atoms with van der Waals surface area (Å²) in [5.74, 6) is 0.582. The first-order valence-electron chi connectivity index (χ1n) is 5.66. The first kappa shape index (κ1) is 13.4. The Morgan fingerprint density at radius 3 is 2.94 bits per heavy atom. The van der Waals surface area contributed by atoms with Gasteiger partial charge >= 0.3 is 0 Å². The van der Waals surface area contributed by atoms with E-state index in [1.54, 1.807) is 6.07 Å². The van der Waals surface area contributed by atoms with Crippen molar-refractivity contribution >= 4 is 22.6 Å². The molecule has 2 N–H and O–H groups in total. The van der Waals surface area contributed by atoms with Crippen molar-refractivity contribution in [3.05, 3.63) is 33.4 Å². The lowest BCUT2D eigenvalue weighted by molar-refractivity contribution is 0.413. The van der Waals surface area contributed by atoms with Crippen molar-refractivity contribution in [1.29, 1.82) is 0 Å². The molecular formula is C12H13FIN3O. The van der Waals surface area contributed by atoms with E-state index in [0.717, 1.165) is 22.0 Å². The second-order valence-corrected chi connectivity index (χ2v) is 5.14. The zero-order valence-corrected chi connectivity index (χ0v) is 12.0. The van der Waals surface area contributed by atoms with Crippen molar-refractivity contribution in [2.45, 2.75) is 25.8 Å². The van der Waals surface area contributed by atoms with Gasteiger partial charge in [-0.3, -0.25) is 0 Å². The highest BCUT2D eigenvalue weighted by atomic mass is 127. The molecule has 0 fully saturated rings. The van der Waals surface area contributed by atoms with E-state index < -0.39 is 0 Å². The van der Waals surface area contributed by atoms with Crippen molar-refractivity contribution < 1.29 is 8.91 Å². The van der Waals surface area contributed by atoms with Crippen LogP contribution in [0.2, 0.25) is 0 Å². The van der Waals surface area contributed by atoms with E-state index >= 15 is 0 Å². The lowest BCUT2D eigenvalue weighted by atomic mass is 10.2. The van der Waals surface area contributed by atoms with Crippen molar-refractivity contribution in [3.8, 4) is 11.5 Å². The quantitative estimate of drug-likeness (QED) is 0.849. The molecule has 0 spiro atoms. The van der Waals surface area contributed by atoms with Gasteiger partial charge in [0.05, 0.1) is 11.6 Å². The molecule has 0 amide bonds. The van der Waals surface area contributed by atoms with Crippen LogP contribution in [0.25, 0.3) is 11.5 Å². The molecule has 0 aliphatic rings. The van der Waals surface area contributed by atoms with Crippen LogP contribution in [0.15, 0.2) is 22.7 Å². The predicted molar refractivity (Wildman–Crippen MR) is 74.2 cm³/mol. The van der Waals surface area contributed by atoms with Gasteiger partial charge < -0.3 is 10.3 Å². The number of benzene rings is 1. The Labute approximate surface area is 118 Å². The topological polar surface area (TPSA) is 64.9 Å². The molecule has 0 bridgehead atoms. The van der Waals surface area contributed by atoms with Crippen molar-refractivity contribution in [2.24, 2.45) is 5.73 Å². The number of aromatic nitrogens is 2. The van der Waals surface area contributed by atoms with Gasteiger partial charge in [-0.1, -0.05) is 18.5 Å². The molecule has 0 saturated heterocycles. The number of nitrogens with zero attached hydrogens (tertiary/aromatic N) is 2. The number of rotatable bonds is 4. The van der Waals surface area contributed by atoms with Gasteiger partial charge in [-0.25, -0.2) is 4.39 Å². The zero-order chi connectivity index (χ0) is 13.1. The minimum Gasteiger partial charge on any atom is -0.334 e. The van der Waals surface area contributed by atoms with Gasteiger partial charge in [0.15, 0.2) is 5.82 Å². The minimum absolute atomic E-state index is 0.217. The van der Waals surface area contributed by atoms with Crippen LogP contribution in [0.4, 0.5) is 4.39 Å². The molecule has 96 valence electrons. The summed E-state index contributed by atoms with van der Waals surface area (Å²) in [4.78, 5) is 4.26. The molecule has 2 rings (SSSR count). The summed E-state index contributed by atoms with van der Waals surface area (Å²) in [7, 11) is 0. The molecule has 0 aliphatic heterocycles. The average Bonchev–Trinajstić information content (AvgIpc) is 2.78. The second kappa shape index (κ2) is 5.75. The summed E-state index contributed by atoms with van der Waals surface area (Å²) in [6, 6.07) is 4.20. The van der Waals surface area contributed by atoms with Gasteiger partial charge in [-0.15, -0.1) is 0 Å². The predicted octanol–water partition coefficient (Wildman–Crippen LogP) is 3.28. The third-order valence-corrected chi connectivity index (χ3v) is 3.43. The third-order valence-electron chi connectivity index (χ3n) is 2.53. The molecular weight excluding hydrogens is 348 g/mol. The lowest BCUT2D eigenvalue weighted by Gasteiger charge is -2.02. The number of halogens is 2. The molecule has 1 atom stereocenters. The Kier molecular flexibility index (Phi) is 4.28. The van der Waals surface area contributed by atoms with E-state index in [0.29, 0.717) is 11.7 Å². The minimum atomic E-state index is -0.287. The highest BCUT2D eigenvalue weighted by molar-refractivity contribution is 14.1. The van der Waals surface area contributed by atoms with Crippen molar-refractivity contribution in [1.82, 2.24) is 10.1 Å². The highest BCUT2D eigenvalue weighted by Gasteiger charge is 2.16. The fourth-order valence-electron chi connectivity index (χ4n) is 1.60. The van der Waals surface area contributed by atoms with Gasteiger partial charge in [-0.05, 0) is 47.2 Å². The van der Waals surface area contributed by atoms with E-state index in [4.69, 9.17) is 10.3 Å². The van der Waals surface area contributed by atoms with Crippen LogP contribution >= 0.6 is 22.6 Å². The van der Waals surface area contributed by atoms with E-state index in [9.17, 15) is 4.39 Å². The smallest absolute Gasteiger partial charge is 0.259 e. The van der Waals surface area contributed by atoms with Crippen LogP contribution in [0.1, 0.15) is 31.6 Å². The van der Waals surface area contributed by atoms with E-state index in [2.05, 4.69) is 10.1 Å². The first-order valence-corrected chi connectivity index (χ1v) is 6.74. The number of hydrogen-bond donors (Lipinski definition) is 1. The Morgan fingerprint density at radius 2 is 2.28 bits per heavy atom. The summed E-state index contributed by atoms with van der Waals surface area (Å²) in [6.07, 6.45) is 1.76. The standard InChI is InChI=1S/C12H13FIN3O/c1-2-3-10(15)11-16-12(18-17-11)8-5-4-7(13)6-9(8)14/h4-6,10H,2-3,15H2,1H3. The normalized spacial score (nSPS) is 12.7. The summed E-state index contributed by atoms with van der Waals surface area (Å²) >= 11 is 2.03. The lowest BCUT2D eigenvalue weighted by Crippen LogP contribution is -2.11. The van der Waals surface area contributed by atoms with E-state index in [1.807, 2.05) is 29.5 Å². The number of nitrogens with two attached hydrogens (primary N) is 1. The van der Waals surface area contributed by atoms with Crippen LogP contribution in [0.5, 0.6) is 0 Å². The maximum atomic E-state index is 13.0. The number of hydrogen-bond acceptors (Lipinski definition) is 4. The summed E-state index contributed by atoms with van der Waals surface area (Å²) in [5.41, 5.74) is 6.63. The third kappa shape index (κ3) is 2.86. The van der Waals surface area contributed by atoms with Gasteiger partial charge in [0.25, 0.3) is 5.89 Å². The first-order chi connectivity index (χ1) is 8.61. The maximum Gasteiger partial charge on any atom is 0.259 e. The molecule has 0 radical (unpaired) electrons. The Morgan fingerprint density at radius 1 is 1.50 bits per heavy atom. The van der Waals surface area contributed by atoms with Gasteiger partial charge in [0, 0.05) is 3.57 Å². The maximum absolute atomic E-state index is 13.0. The largest absolute Gasteiger partial charge is 0.334 e. The Hall–Kier alpha value is -1.02. The summed E-state index contributed by atoms with van der Waals surface area (Å²) < 4.78 is 18.9. The van der Waals surface area contributed by atoms with Gasteiger partial charge in [0.1, 0.15) is 5.82 Å². The van der Waals surface area contributed by atoms with Gasteiger partial charge in [0.2, 0.25) is 0 Å². The summed E-state index contributed by atoms with van der Waals surface area (Å²) in [6.45, 7) is 2.05. The van der Waals surface area contributed by atoms with Crippen LogP contribution in [-0.4, -0.2) is 10.1 Å². The molecule has 4 nitrogen and oxygen atoms in total. The van der Waals surface area contributed by atoms with E-state index in [-0.39, 0.29) is 11.9 Å². The molecule has 1 heterocycles.